The van der Waals surface area contributed by atoms with Crippen LogP contribution in [0.3, 0.4) is 0 Å². The molecule has 1 fully saturated rings. The molecule has 2 aromatic heterocycles. The van der Waals surface area contributed by atoms with Crippen LogP contribution in [0.1, 0.15) is 24.6 Å². The summed E-state index contributed by atoms with van der Waals surface area (Å²) in [4.78, 5) is 35.9. The number of fused-ring (bicyclic) bond motifs is 1. The Labute approximate surface area is 150 Å². The highest BCUT2D eigenvalue weighted by Gasteiger charge is 2.27. The largest absolute Gasteiger partial charge is 0.340 e. The van der Waals surface area contributed by atoms with E-state index in [4.69, 9.17) is 0 Å². The van der Waals surface area contributed by atoms with Gasteiger partial charge in [-0.05, 0) is 25.0 Å². The van der Waals surface area contributed by atoms with Crippen LogP contribution in [0.4, 0.5) is 0 Å². The number of likely N-dealkylation sites (tertiary alicyclic amines) is 1. The Hall–Kier alpha value is -2.96. The normalized spacial score (nSPS) is 17.6. The lowest BCUT2D eigenvalue weighted by Gasteiger charge is -2.32. The summed E-state index contributed by atoms with van der Waals surface area (Å²) in [5.41, 5.74) is 0.468. The van der Waals surface area contributed by atoms with E-state index < -0.39 is 0 Å². The molecule has 1 saturated heterocycles. The first kappa shape index (κ1) is 16.5. The van der Waals surface area contributed by atoms with Crippen molar-refractivity contribution in [2.75, 3.05) is 13.1 Å². The molecule has 1 amide bonds. The molecule has 134 valence electrons. The Morgan fingerprint density at radius 1 is 1.27 bits per heavy atom. The zero-order chi connectivity index (χ0) is 18.1. The van der Waals surface area contributed by atoms with Crippen molar-refractivity contribution in [1.29, 1.82) is 0 Å². The van der Waals surface area contributed by atoms with Crippen molar-refractivity contribution in [3.8, 4) is 0 Å². The van der Waals surface area contributed by atoms with Gasteiger partial charge in [0.25, 0.3) is 5.56 Å². The Morgan fingerprint density at radius 3 is 2.92 bits per heavy atom. The number of para-hydroxylation sites is 1. The number of nitrogens with zero attached hydrogens (tertiary/aromatic N) is 5. The Bertz CT molecular complexity index is 1010. The number of amides is 1. The van der Waals surface area contributed by atoms with Crippen LogP contribution in [0.2, 0.25) is 0 Å². The molecular formula is C19H21N5O2. The molecule has 0 aliphatic carbocycles. The van der Waals surface area contributed by atoms with Crippen LogP contribution >= 0.6 is 0 Å². The van der Waals surface area contributed by atoms with Gasteiger partial charge in [0.2, 0.25) is 5.91 Å². The van der Waals surface area contributed by atoms with Crippen molar-refractivity contribution in [3.05, 3.63) is 59.2 Å². The van der Waals surface area contributed by atoms with Crippen molar-refractivity contribution < 1.29 is 4.79 Å². The number of carbonyl (C=O) groups is 1. The minimum absolute atomic E-state index is 0.0178. The predicted octanol–water partition coefficient (Wildman–Crippen LogP) is 1.54. The van der Waals surface area contributed by atoms with E-state index in [9.17, 15) is 9.59 Å². The molecule has 0 spiro atoms. The maximum Gasteiger partial charge on any atom is 0.261 e. The first-order chi connectivity index (χ1) is 12.6. The van der Waals surface area contributed by atoms with Crippen LogP contribution in [0.15, 0.2) is 47.8 Å². The Morgan fingerprint density at radius 2 is 2.12 bits per heavy atom. The molecule has 1 aliphatic rings. The minimum atomic E-state index is -0.179. The fourth-order valence-corrected chi connectivity index (χ4v) is 3.65. The van der Waals surface area contributed by atoms with Crippen molar-refractivity contribution >= 4 is 16.8 Å². The number of imidazole rings is 1. The SMILES string of the molecule is Cn1ccnc1[C@H]1CCCN(C(=O)Cn2cnc3ccccc3c2=O)C1. The van der Waals surface area contributed by atoms with Gasteiger partial charge in [-0.1, -0.05) is 12.1 Å². The maximum absolute atomic E-state index is 12.8. The Kier molecular flexibility index (Phi) is 4.28. The third-order valence-corrected chi connectivity index (χ3v) is 5.03. The number of aryl methyl sites for hydroxylation is 1. The second-order valence-electron chi connectivity index (χ2n) is 6.77. The molecule has 26 heavy (non-hydrogen) atoms. The summed E-state index contributed by atoms with van der Waals surface area (Å²) in [6.07, 6.45) is 7.13. The summed E-state index contributed by atoms with van der Waals surface area (Å²) in [6.45, 7) is 1.37. The van der Waals surface area contributed by atoms with E-state index in [0.717, 1.165) is 25.2 Å². The zero-order valence-corrected chi connectivity index (χ0v) is 14.7. The zero-order valence-electron chi connectivity index (χ0n) is 14.7. The fraction of sp³-hybridized carbons (Fsp3) is 0.368. The number of hydrogen-bond acceptors (Lipinski definition) is 4. The number of hydrogen-bond donors (Lipinski definition) is 0. The second kappa shape index (κ2) is 6.74. The predicted molar refractivity (Wildman–Crippen MR) is 97.8 cm³/mol. The van der Waals surface area contributed by atoms with Gasteiger partial charge in [0.15, 0.2) is 0 Å². The van der Waals surface area contributed by atoms with E-state index in [-0.39, 0.29) is 23.9 Å². The molecule has 4 rings (SSSR count). The second-order valence-corrected chi connectivity index (χ2v) is 6.77. The van der Waals surface area contributed by atoms with Gasteiger partial charge >= 0.3 is 0 Å². The summed E-state index contributed by atoms with van der Waals surface area (Å²) in [5.74, 6) is 1.19. The summed E-state index contributed by atoms with van der Waals surface area (Å²) in [6, 6.07) is 7.18. The lowest BCUT2D eigenvalue weighted by molar-refractivity contribution is -0.133. The van der Waals surface area contributed by atoms with Gasteiger partial charge in [-0.15, -0.1) is 0 Å². The van der Waals surface area contributed by atoms with Gasteiger partial charge < -0.3 is 9.47 Å². The van der Waals surface area contributed by atoms with Gasteiger partial charge in [0.05, 0.1) is 17.2 Å². The molecular weight excluding hydrogens is 330 g/mol. The average Bonchev–Trinajstić information content (AvgIpc) is 3.10. The van der Waals surface area contributed by atoms with Gasteiger partial charge in [0.1, 0.15) is 12.4 Å². The lowest BCUT2D eigenvalue weighted by atomic mass is 9.97. The fourth-order valence-electron chi connectivity index (χ4n) is 3.65. The summed E-state index contributed by atoms with van der Waals surface area (Å²) in [7, 11) is 1.98. The van der Waals surface area contributed by atoms with E-state index >= 15 is 0 Å². The molecule has 3 aromatic rings. The molecule has 7 nitrogen and oxygen atoms in total. The summed E-state index contributed by atoms with van der Waals surface area (Å²) >= 11 is 0. The van der Waals surface area contributed by atoms with E-state index in [1.807, 2.05) is 28.8 Å². The quantitative estimate of drug-likeness (QED) is 0.717. The molecule has 7 heteroatoms. The van der Waals surface area contributed by atoms with Gasteiger partial charge in [-0.3, -0.25) is 14.2 Å². The highest BCUT2D eigenvalue weighted by molar-refractivity contribution is 5.79. The molecule has 0 radical (unpaired) electrons. The molecule has 0 bridgehead atoms. The number of piperidine rings is 1. The molecule has 0 N–H and O–H groups in total. The first-order valence-corrected chi connectivity index (χ1v) is 8.82. The first-order valence-electron chi connectivity index (χ1n) is 8.82. The Balaban J connectivity index is 1.52. The molecule has 1 atom stereocenters. The standard InChI is InChI=1S/C19H21N5O2/c1-22-10-8-20-18(22)14-5-4-9-23(11-14)17(25)12-24-13-21-16-7-3-2-6-15(16)19(24)26/h2-3,6-8,10,13-14H,4-5,9,11-12H2,1H3/t14-/m0/s1. The monoisotopic (exact) mass is 351 g/mol. The molecule has 1 aliphatic heterocycles. The van der Waals surface area contributed by atoms with Crippen molar-refractivity contribution in [2.24, 2.45) is 7.05 Å². The topological polar surface area (TPSA) is 73.0 Å². The van der Waals surface area contributed by atoms with Crippen molar-refractivity contribution in [3.63, 3.8) is 0 Å². The van der Waals surface area contributed by atoms with Crippen LogP contribution in [-0.4, -0.2) is 43.0 Å². The molecule has 3 heterocycles. The lowest BCUT2D eigenvalue weighted by Crippen LogP contribution is -2.42. The van der Waals surface area contributed by atoms with E-state index in [2.05, 4.69) is 9.97 Å². The third kappa shape index (κ3) is 3.00. The van der Waals surface area contributed by atoms with Crippen LogP contribution in [0, 0.1) is 0 Å². The van der Waals surface area contributed by atoms with Gasteiger partial charge in [-0.2, -0.15) is 0 Å². The minimum Gasteiger partial charge on any atom is -0.340 e. The smallest absolute Gasteiger partial charge is 0.261 e. The van der Waals surface area contributed by atoms with Crippen LogP contribution in [0.25, 0.3) is 10.9 Å². The van der Waals surface area contributed by atoms with Crippen molar-refractivity contribution in [1.82, 2.24) is 24.0 Å². The molecule has 1 aromatic carbocycles. The number of aromatic nitrogens is 4. The van der Waals surface area contributed by atoms with E-state index in [0.29, 0.717) is 17.4 Å². The average molecular weight is 351 g/mol. The van der Waals surface area contributed by atoms with E-state index in [1.54, 1.807) is 24.4 Å². The van der Waals surface area contributed by atoms with Crippen LogP contribution in [0.5, 0.6) is 0 Å². The number of rotatable bonds is 3. The highest BCUT2D eigenvalue weighted by Crippen LogP contribution is 2.25. The third-order valence-electron chi connectivity index (χ3n) is 5.03. The van der Waals surface area contributed by atoms with Crippen molar-refractivity contribution in [2.45, 2.75) is 25.3 Å². The number of benzene rings is 1. The number of carbonyl (C=O) groups excluding carboxylic acids is 1. The van der Waals surface area contributed by atoms with Crippen LogP contribution in [-0.2, 0) is 18.4 Å². The summed E-state index contributed by atoms with van der Waals surface area (Å²) < 4.78 is 3.41. The van der Waals surface area contributed by atoms with E-state index in [1.165, 1.54) is 10.9 Å². The molecule has 0 saturated carbocycles. The maximum atomic E-state index is 12.8. The van der Waals surface area contributed by atoms with Gasteiger partial charge in [-0.25, -0.2) is 9.97 Å². The van der Waals surface area contributed by atoms with Gasteiger partial charge in [0, 0.05) is 38.4 Å². The van der Waals surface area contributed by atoms with Crippen LogP contribution < -0.4 is 5.56 Å². The summed E-state index contributed by atoms with van der Waals surface area (Å²) in [5, 5.41) is 0.535. The molecule has 0 unspecified atom stereocenters. The highest BCUT2D eigenvalue weighted by atomic mass is 16.2.